The molecular weight excluding hydrogens is 245 g/mol. The van der Waals surface area contributed by atoms with Gasteiger partial charge in [-0.2, -0.15) is 13.2 Å². The molecule has 3 rings (SSSR count). The lowest BCUT2D eigenvalue weighted by molar-refractivity contribution is -0.138. The van der Waals surface area contributed by atoms with E-state index < -0.39 is 17.3 Å². The minimum Gasteiger partial charge on any atom is -0.486 e. The Morgan fingerprint density at radius 2 is 1.94 bits per heavy atom. The Kier molecular flexibility index (Phi) is 2.24. The van der Waals surface area contributed by atoms with Gasteiger partial charge in [-0.15, -0.1) is 0 Å². The van der Waals surface area contributed by atoms with Crippen LogP contribution in [-0.4, -0.2) is 11.4 Å². The van der Waals surface area contributed by atoms with Crippen molar-refractivity contribution in [3.8, 4) is 5.75 Å². The summed E-state index contributed by atoms with van der Waals surface area (Å²) in [7, 11) is 0. The maximum atomic E-state index is 12.6. The van der Waals surface area contributed by atoms with Crippen LogP contribution in [0.15, 0.2) is 18.2 Å². The number of hydrogen-bond acceptors (Lipinski definition) is 2. The molecule has 1 fully saturated rings. The molecule has 2 nitrogen and oxygen atoms in total. The van der Waals surface area contributed by atoms with Crippen LogP contribution in [0.1, 0.15) is 41.6 Å². The number of rotatable bonds is 0. The highest BCUT2D eigenvalue weighted by molar-refractivity contribution is 6.00. The minimum absolute atomic E-state index is 0.0841. The number of hydrogen-bond donors (Lipinski definition) is 0. The lowest BCUT2D eigenvalue weighted by Crippen LogP contribution is -2.47. The monoisotopic (exact) mass is 256 g/mol. The van der Waals surface area contributed by atoms with Crippen LogP contribution in [0.5, 0.6) is 5.75 Å². The summed E-state index contributed by atoms with van der Waals surface area (Å²) in [4.78, 5) is 11.9. The molecule has 0 aromatic heterocycles. The summed E-state index contributed by atoms with van der Waals surface area (Å²) in [5.41, 5.74) is -1.04. The second kappa shape index (κ2) is 3.49. The van der Waals surface area contributed by atoms with E-state index in [0.717, 1.165) is 31.4 Å². The molecule has 18 heavy (non-hydrogen) atoms. The summed E-state index contributed by atoms with van der Waals surface area (Å²) in [5, 5.41) is 0. The maximum Gasteiger partial charge on any atom is 0.416 e. The Morgan fingerprint density at radius 1 is 1.22 bits per heavy atom. The molecule has 5 heteroatoms. The van der Waals surface area contributed by atoms with Crippen molar-refractivity contribution in [1.82, 2.24) is 0 Å². The first kappa shape index (κ1) is 11.6. The number of benzene rings is 1. The summed E-state index contributed by atoms with van der Waals surface area (Å²) in [6, 6.07) is 3.08. The van der Waals surface area contributed by atoms with Crippen LogP contribution in [0.25, 0.3) is 0 Å². The first-order valence-electron chi connectivity index (χ1n) is 5.83. The van der Waals surface area contributed by atoms with E-state index in [1.54, 1.807) is 0 Å². The van der Waals surface area contributed by atoms with E-state index in [1.165, 1.54) is 6.07 Å². The van der Waals surface area contributed by atoms with Gasteiger partial charge < -0.3 is 4.74 Å². The van der Waals surface area contributed by atoms with Crippen molar-refractivity contribution in [3.05, 3.63) is 29.3 Å². The summed E-state index contributed by atoms with van der Waals surface area (Å²) >= 11 is 0. The van der Waals surface area contributed by atoms with E-state index in [1.807, 2.05) is 0 Å². The van der Waals surface area contributed by atoms with Gasteiger partial charge >= 0.3 is 6.18 Å². The van der Waals surface area contributed by atoms with Crippen molar-refractivity contribution in [2.75, 3.05) is 0 Å². The van der Waals surface area contributed by atoms with Crippen LogP contribution in [0.4, 0.5) is 13.2 Å². The molecule has 0 bridgehead atoms. The Labute approximate surface area is 102 Å². The van der Waals surface area contributed by atoms with Crippen LogP contribution >= 0.6 is 0 Å². The van der Waals surface area contributed by atoms with Crippen molar-refractivity contribution in [3.63, 3.8) is 0 Å². The molecule has 1 aromatic rings. The van der Waals surface area contributed by atoms with E-state index >= 15 is 0 Å². The fourth-order valence-electron chi connectivity index (χ4n) is 2.52. The van der Waals surface area contributed by atoms with Gasteiger partial charge in [-0.25, -0.2) is 0 Å². The highest BCUT2D eigenvalue weighted by Crippen LogP contribution is 2.46. The quantitative estimate of drug-likeness (QED) is 0.709. The number of Topliss-reactive ketones (excluding diaryl/α,β-unsaturated/α-hetero) is 1. The predicted octanol–water partition coefficient (Wildman–Crippen LogP) is 3.59. The summed E-state index contributed by atoms with van der Waals surface area (Å²) < 4.78 is 43.4. The average Bonchev–Trinajstić information content (AvgIpc) is 2.25. The fraction of sp³-hybridized carbons (Fsp3) is 0.462. The van der Waals surface area contributed by atoms with Crippen LogP contribution in [0, 0.1) is 0 Å². The Balaban J connectivity index is 2.02. The predicted molar refractivity (Wildman–Crippen MR) is 57.6 cm³/mol. The third-order valence-corrected chi connectivity index (χ3v) is 3.68. The van der Waals surface area contributed by atoms with Gasteiger partial charge in [0.25, 0.3) is 0 Å². The zero-order valence-corrected chi connectivity index (χ0v) is 9.51. The van der Waals surface area contributed by atoms with Gasteiger partial charge in [0, 0.05) is 0 Å². The largest absolute Gasteiger partial charge is 0.486 e. The van der Waals surface area contributed by atoms with Crippen LogP contribution in [0.3, 0.4) is 0 Å². The summed E-state index contributed by atoms with van der Waals surface area (Å²) in [6.07, 6.45) is -1.68. The topological polar surface area (TPSA) is 26.3 Å². The highest BCUT2D eigenvalue weighted by Gasteiger charge is 2.45. The number of halogens is 3. The molecule has 1 spiro atoms. The van der Waals surface area contributed by atoms with Crippen molar-refractivity contribution in [2.24, 2.45) is 0 Å². The zero-order valence-electron chi connectivity index (χ0n) is 9.51. The number of alkyl halides is 3. The number of carbonyl (C=O) groups is 1. The lowest BCUT2D eigenvalue weighted by atomic mass is 9.74. The van der Waals surface area contributed by atoms with E-state index in [0.29, 0.717) is 0 Å². The van der Waals surface area contributed by atoms with E-state index in [2.05, 4.69) is 0 Å². The molecule has 1 aliphatic heterocycles. The van der Waals surface area contributed by atoms with Gasteiger partial charge in [0.15, 0.2) is 5.78 Å². The standard InChI is InChI=1S/C13H11F3O2/c14-13(15,16)8-2-3-9-10(17)7-12(4-1-5-12)18-11(9)6-8/h2-3,6H,1,4-5,7H2. The van der Waals surface area contributed by atoms with Gasteiger partial charge in [0.05, 0.1) is 17.5 Å². The molecular formula is C13H11F3O2. The average molecular weight is 256 g/mol. The minimum atomic E-state index is -4.41. The molecule has 0 unspecified atom stereocenters. The third-order valence-electron chi connectivity index (χ3n) is 3.68. The number of carbonyl (C=O) groups excluding carboxylic acids is 1. The van der Waals surface area contributed by atoms with Crippen LogP contribution < -0.4 is 4.74 Å². The van der Waals surface area contributed by atoms with Gasteiger partial charge in [-0.1, -0.05) is 0 Å². The number of ether oxygens (including phenoxy) is 1. The normalized spacial score (nSPS) is 21.2. The number of fused-ring (bicyclic) bond motifs is 1. The van der Waals surface area contributed by atoms with Crippen molar-refractivity contribution in [2.45, 2.75) is 37.5 Å². The molecule has 0 amide bonds. The Morgan fingerprint density at radius 3 is 2.50 bits per heavy atom. The molecule has 1 aliphatic carbocycles. The first-order valence-corrected chi connectivity index (χ1v) is 5.83. The molecule has 0 atom stereocenters. The van der Waals surface area contributed by atoms with Gasteiger partial charge in [0.2, 0.25) is 0 Å². The van der Waals surface area contributed by atoms with Crippen LogP contribution in [0.2, 0.25) is 0 Å². The molecule has 0 N–H and O–H groups in total. The van der Waals surface area contributed by atoms with Crippen molar-refractivity contribution >= 4 is 5.78 Å². The van der Waals surface area contributed by atoms with Gasteiger partial charge in [-0.3, -0.25) is 4.79 Å². The molecule has 1 heterocycles. The smallest absolute Gasteiger partial charge is 0.416 e. The van der Waals surface area contributed by atoms with E-state index in [-0.39, 0.29) is 23.5 Å². The second-order valence-corrected chi connectivity index (χ2v) is 4.95. The SMILES string of the molecule is O=C1CC2(CCC2)Oc2cc(C(F)(F)F)ccc21. The maximum absolute atomic E-state index is 12.6. The van der Waals surface area contributed by atoms with E-state index in [4.69, 9.17) is 4.74 Å². The lowest BCUT2D eigenvalue weighted by Gasteiger charge is -2.44. The third kappa shape index (κ3) is 1.69. The van der Waals surface area contributed by atoms with Crippen molar-refractivity contribution in [1.29, 1.82) is 0 Å². The van der Waals surface area contributed by atoms with E-state index in [9.17, 15) is 18.0 Å². The molecule has 96 valence electrons. The molecule has 0 radical (unpaired) electrons. The number of ketones is 1. The molecule has 1 saturated carbocycles. The summed E-state index contributed by atoms with van der Waals surface area (Å²) in [5.74, 6) is -0.0366. The first-order chi connectivity index (χ1) is 8.40. The van der Waals surface area contributed by atoms with Crippen LogP contribution in [-0.2, 0) is 6.18 Å². The molecule has 0 saturated heterocycles. The second-order valence-electron chi connectivity index (χ2n) is 4.95. The van der Waals surface area contributed by atoms with Gasteiger partial charge in [-0.05, 0) is 37.5 Å². The Bertz CT molecular complexity index is 515. The van der Waals surface area contributed by atoms with Crippen molar-refractivity contribution < 1.29 is 22.7 Å². The fourth-order valence-corrected chi connectivity index (χ4v) is 2.52. The molecule has 2 aliphatic rings. The molecule has 1 aromatic carbocycles. The van der Waals surface area contributed by atoms with Gasteiger partial charge in [0.1, 0.15) is 11.4 Å². The Hall–Kier alpha value is -1.52. The zero-order chi connectivity index (χ0) is 13.0. The highest BCUT2D eigenvalue weighted by atomic mass is 19.4. The summed E-state index contributed by atoms with van der Waals surface area (Å²) in [6.45, 7) is 0.